The number of carboxylic acids is 1. The molecule has 3 aromatic rings. The monoisotopic (exact) mass is 298 g/mol. The minimum absolute atomic E-state index is 0.0514. The zero-order valence-electron chi connectivity index (χ0n) is 12.1. The fourth-order valence-corrected chi connectivity index (χ4v) is 2.75. The molecule has 0 aliphatic rings. The van der Waals surface area contributed by atoms with Crippen LogP contribution < -0.4 is 0 Å². The fourth-order valence-electron chi connectivity index (χ4n) is 2.75. The van der Waals surface area contributed by atoms with Gasteiger partial charge in [0.25, 0.3) is 0 Å². The summed E-state index contributed by atoms with van der Waals surface area (Å²) in [6.45, 7) is 2.33. The summed E-state index contributed by atoms with van der Waals surface area (Å²) >= 11 is 0. The van der Waals surface area contributed by atoms with Crippen molar-refractivity contribution in [3.8, 4) is 0 Å². The van der Waals surface area contributed by atoms with Crippen LogP contribution in [0.25, 0.3) is 11.0 Å². The molecule has 1 N–H and O–H groups in total. The quantitative estimate of drug-likeness (QED) is 0.805. The first-order valence-corrected chi connectivity index (χ1v) is 6.95. The number of carboxylic acid groups (broad SMARTS) is 1. The van der Waals surface area contributed by atoms with Crippen molar-refractivity contribution in [2.24, 2.45) is 0 Å². The molecule has 0 unspecified atom stereocenters. The summed E-state index contributed by atoms with van der Waals surface area (Å²) in [6, 6.07) is 10.0. The van der Waals surface area contributed by atoms with Gasteiger partial charge in [0, 0.05) is 23.8 Å². The standard InChI is InChI=1S/C17H15FN2O2/c1-11-15(9-16(21)22)14-6-3-7-19-17(14)20(11)10-12-4-2-5-13(18)8-12/h2-8H,9-10H2,1H3,(H,21,22). The molecule has 0 bridgehead atoms. The summed E-state index contributed by atoms with van der Waals surface area (Å²) < 4.78 is 15.3. The van der Waals surface area contributed by atoms with Gasteiger partial charge in [0.05, 0.1) is 6.42 Å². The molecular formula is C17H15FN2O2. The van der Waals surface area contributed by atoms with Crippen LogP contribution in [0, 0.1) is 12.7 Å². The van der Waals surface area contributed by atoms with Crippen LogP contribution in [0.3, 0.4) is 0 Å². The Morgan fingerprint density at radius 3 is 2.86 bits per heavy atom. The Bertz CT molecular complexity index is 855. The van der Waals surface area contributed by atoms with E-state index in [2.05, 4.69) is 4.98 Å². The van der Waals surface area contributed by atoms with Gasteiger partial charge in [0.1, 0.15) is 11.5 Å². The predicted octanol–water partition coefficient (Wildman–Crippen LogP) is 3.16. The van der Waals surface area contributed by atoms with Crippen LogP contribution in [0.4, 0.5) is 4.39 Å². The van der Waals surface area contributed by atoms with E-state index in [1.165, 1.54) is 12.1 Å². The summed E-state index contributed by atoms with van der Waals surface area (Å²) in [5, 5.41) is 9.94. The number of aromatic nitrogens is 2. The molecule has 5 heteroatoms. The highest BCUT2D eigenvalue weighted by atomic mass is 19.1. The summed E-state index contributed by atoms with van der Waals surface area (Å²) in [7, 11) is 0. The van der Waals surface area contributed by atoms with Crippen LogP contribution in [0.15, 0.2) is 42.6 Å². The van der Waals surface area contributed by atoms with Gasteiger partial charge in [-0.3, -0.25) is 4.79 Å². The molecule has 0 amide bonds. The number of hydrogen-bond acceptors (Lipinski definition) is 2. The highest BCUT2D eigenvalue weighted by Crippen LogP contribution is 2.25. The highest BCUT2D eigenvalue weighted by Gasteiger charge is 2.17. The summed E-state index contributed by atoms with van der Waals surface area (Å²) in [5.74, 6) is -1.16. The number of pyridine rings is 1. The molecular weight excluding hydrogens is 283 g/mol. The normalized spacial score (nSPS) is 11.0. The van der Waals surface area contributed by atoms with E-state index in [0.29, 0.717) is 6.54 Å². The van der Waals surface area contributed by atoms with E-state index in [4.69, 9.17) is 5.11 Å². The SMILES string of the molecule is Cc1c(CC(=O)O)c2cccnc2n1Cc1cccc(F)c1. The number of carbonyl (C=O) groups is 1. The predicted molar refractivity (Wildman–Crippen MR) is 81.3 cm³/mol. The van der Waals surface area contributed by atoms with Crippen molar-refractivity contribution in [3.63, 3.8) is 0 Å². The van der Waals surface area contributed by atoms with Crippen molar-refractivity contribution in [2.75, 3.05) is 0 Å². The summed E-state index contributed by atoms with van der Waals surface area (Å²) in [4.78, 5) is 15.5. The summed E-state index contributed by atoms with van der Waals surface area (Å²) in [5.41, 5.74) is 3.14. The molecule has 0 aliphatic carbocycles. The first kappa shape index (κ1) is 14.3. The van der Waals surface area contributed by atoms with Crippen LogP contribution in [0.1, 0.15) is 16.8 Å². The van der Waals surface area contributed by atoms with Crippen molar-refractivity contribution in [2.45, 2.75) is 19.9 Å². The van der Waals surface area contributed by atoms with Gasteiger partial charge in [-0.05, 0) is 42.3 Å². The molecule has 0 spiro atoms. The van der Waals surface area contributed by atoms with Gasteiger partial charge < -0.3 is 9.67 Å². The van der Waals surface area contributed by atoms with E-state index in [-0.39, 0.29) is 12.2 Å². The third kappa shape index (κ3) is 2.57. The number of rotatable bonds is 4. The van der Waals surface area contributed by atoms with E-state index in [1.807, 2.05) is 23.6 Å². The van der Waals surface area contributed by atoms with Crippen molar-refractivity contribution >= 4 is 17.0 Å². The van der Waals surface area contributed by atoms with Crippen molar-refractivity contribution in [1.82, 2.24) is 9.55 Å². The van der Waals surface area contributed by atoms with Gasteiger partial charge in [0.15, 0.2) is 0 Å². The van der Waals surface area contributed by atoms with Gasteiger partial charge in [-0.25, -0.2) is 9.37 Å². The minimum atomic E-state index is -0.878. The molecule has 22 heavy (non-hydrogen) atoms. The van der Waals surface area contributed by atoms with Crippen molar-refractivity contribution in [3.05, 3.63) is 65.2 Å². The third-order valence-corrected chi connectivity index (χ3v) is 3.77. The van der Waals surface area contributed by atoms with Crippen LogP contribution >= 0.6 is 0 Å². The fraction of sp³-hybridized carbons (Fsp3) is 0.176. The van der Waals surface area contributed by atoms with Crippen molar-refractivity contribution in [1.29, 1.82) is 0 Å². The second kappa shape index (κ2) is 5.60. The third-order valence-electron chi connectivity index (χ3n) is 3.77. The lowest BCUT2D eigenvalue weighted by molar-refractivity contribution is -0.136. The van der Waals surface area contributed by atoms with Crippen LogP contribution in [-0.2, 0) is 17.8 Å². The molecule has 2 aromatic heterocycles. The molecule has 3 rings (SSSR count). The van der Waals surface area contributed by atoms with Crippen LogP contribution in [0.5, 0.6) is 0 Å². The van der Waals surface area contributed by atoms with E-state index >= 15 is 0 Å². The molecule has 112 valence electrons. The lowest BCUT2D eigenvalue weighted by Gasteiger charge is -2.08. The Kier molecular flexibility index (Phi) is 3.63. The topological polar surface area (TPSA) is 55.1 Å². The molecule has 0 aliphatic heterocycles. The molecule has 0 saturated carbocycles. The van der Waals surface area contributed by atoms with Gasteiger partial charge >= 0.3 is 5.97 Å². The number of fused-ring (bicyclic) bond motifs is 1. The van der Waals surface area contributed by atoms with Crippen LogP contribution in [-0.4, -0.2) is 20.6 Å². The van der Waals surface area contributed by atoms with E-state index in [1.54, 1.807) is 18.3 Å². The number of nitrogens with zero attached hydrogens (tertiary/aromatic N) is 2. The Labute approximate surface area is 126 Å². The Hall–Kier alpha value is -2.69. The average Bonchev–Trinajstić information content (AvgIpc) is 2.73. The first-order valence-electron chi connectivity index (χ1n) is 6.95. The molecule has 0 fully saturated rings. The summed E-state index contributed by atoms with van der Waals surface area (Å²) in [6.07, 6.45) is 1.62. The van der Waals surface area contributed by atoms with Gasteiger partial charge in [-0.15, -0.1) is 0 Å². The average molecular weight is 298 g/mol. The largest absolute Gasteiger partial charge is 0.481 e. The Morgan fingerprint density at radius 2 is 2.14 bits per heavy atom. The molecule has 0 atom stereocenters. The first-order chi connectivity index (χ1) is 10.6. The second-order valence-electron chi connectivity index (χ2n) is 5.23. The number of hydrogen-bond donors (Lipinski definition) is 1. The molecule has 1 aromatic carbocycles. The maximum absolute atomic E-state index is 13.4. The zero-order valence-corrected chi connectivity index (χ0v) is 12.1. The molecule has 2 heterocycles. The highest BCUT2D eigenvalue weighted by molar-refractivity contribution is 5.86. The van der Waals surface area contributed by atoms with E-state index in [9.17, 15) is 9.18 Å². The van der Waals surface area contributed by atoms with E-state index in [0.717, 1.165) is 27.9 Å². The number of halogens is 1. The van der Waals surface area contributed by atoms with Crippen LogP contribution in [0.2, 0.25) is 0 Å². The maximum atomic E-state index is 13.4. The molecule has 0 saturated heterocycles. The Balaban J connectivity index is 2.13. The van der Waals surface area contributed by atoms with Gasteiger partial charge in [0.2, 0.25) is 0 Å². The number of benzene rings is 1. The second-order valence-corrected chi connectivity index (χ2v) is 5.23. The van der Waals surface area contributed by atoms with Gasteiger partial charge in [-0.2, -0.15) is 0 Å². The maximum Gasteiger partial charge on any atom is 0.307 e. The lowest BCUT2D eigenvalue weighted by Crippen LogP contribution is -2.05. The number of aliphatic carboxylic acids is 1. The molecule has 0 radical (unpaired) electrons. The Morgan fingerprint density at radius 1 is 1.32 bits per heavy atom. The smallest absolute Gasteiger partial charge is 0.307 e. The van der Waals surface area contributed by atoms with E-state index < -0.39 is 5.97 Å². The van der Waals surface area contributed by atoms with Crippen molar-refractivity contribution < 1.29 is 14.3 Å². The van der Waals surface area contributed by atoms with Gasteiger partial charge in [-0.1, -0.05) is 12.1 Å². The lowest BCUT2D eigenvalue weighted by atomic mass is 10.1. The molecule has 4 nitrogen and oxygen atoms in total. The minimum Gasteiger partial charge on any atom is -0.481 e. The zero-order chi connectivity index (χ0) is 15.7.